The summed E-state index contributed by atoms with van der Waals surface area (Å²) in [7, 11) is 0. The molecule has 18 heavy (non-hydrogen) atoms. The van der Waals surface area contributed by atoms with E-state index in [9.17, 15) is 0 Å². The summed E-state index contributed by atoms with van der Waals surface area (Å²) >= 11 is 2.43. The van der Waals surface area contributed by atoms with Gasteiger partial charge in [-0.1, -0.05) is 18.9 Å². The van der Waals surface area contributed by atoms with E-state index in [0.717, 1.165) is 11.8 Å². The fourth-order valence-electron chi connectivity index (χ4n) is 3.27. The number of halogens is 1. The maximum Gasteiger partial charge on any atom is 0.0353 e. The molecule has 0 saturated heterocycles. The van der Waals surface area contributed by atoms with Crippen molar-refractivity contribution in [2.45, 2.75) is 51.5 Å². The molecule has 98 valence electrons. The summed E-state index contributed by atoms with van der Waals surface area (Å²) in [5.41, 5.74) is 2.69. The van der Waals surface area contributed by atoms with Gasteiger partial charge in [-0.05, 0) is 84.7 Å². The minimum atomic E-state index is 0.711. The van der Waals surface area contributed by atoms with Gasteiger partial charge in [0.2, 0.25) is 0 Å². The number of rotatable bonds is 3. The first kappa shape index (κ1) is 12.8. The number of hydrogen-bond acceptors (Lipinski definition) is 1. The molecule has 3 rings (SSSR count). The largest absolute Gasteiger partial charge is 0.382 e. The lowest BCUT2D eigenvalue weighted by molar-refractivity contribution is 0.303. The Hall–Kier alpha value is -0.250. The van der Waals surface area contributed by atoms with E-state index in [1.54, 1.807) is 0 Å². The molecule has 1 aromatic carbocycles. The molecule has 2 heteroatoms. The molecule has 1 aromatic rings. The first-order valence-electron chi connectivity index (χ1n) is 7.25. The van der Waals surface area contributed by atoms with Crippen LogP contribution in [0.1, 0.15) is 44.1 Å². The maximum atomic E-state index is 3.76. The Morgan fingerprint density at radius 2 is 1.94 bits per heavy atom. The highest BCUT2D eigenvalue weighted by Gasteiger charge is 2.34. The van der Waals surface area contributed by atoms with Gasteiger partial charge in [-0.3, -0.25) is 0 Å². The van der Waals surface area contributed by atoms with E-state index in [1.807, 2.05) is 0 Å². The van der Waals surface area contributed by atoms with Crippen LogP contribution in [0.2, 0.25) is 0 Å². The van der Waals surface area contributed by atoms with Crippen LogP contribution >= 0.6 is 22.6 Å². The summed E-state index contributed by atoms with van der Waals surface area (Å²) in [5.74, 6) is 2.09. The van der Waals surface area contributed by atoms with Gasteiger partial charge in [0, 0.05) is 15.3 Å². The van der Waals surface area contributed by atoms with E-state index in [2.05, 4.69) is 53.0 Å². The van der Waals surface area contributed by atoms with Gasteiger partial charge in [0.05, 0.1) is 0 Å². The van der Waals surface area contributed by atoms with Crippen LogP contribution in [-0.4, -0.2) is 6.04 Å². The Kier molecular flexibility index (Phi) is 3.83. The molecule has 0 aromatic heterocycles. The van der Waals surface area contributed by atoms with Gasteiger partial charge in [-0.2, -0.15) is 0 Å². The summed E-state index contributed by atoms with van der Waals surface area (Å²) in [4.78, 5) is 0. The second kappa shape index (κ2) is 5.40. The lowest BCUT2D eigenvalue weighted by Crippen LogP contribution is -2.28. The van der Waals surface area contributed by atoms with E-state index >= 15 is 0 Å². The van der Waals surface area contributed by atoms with Crippen molar-refractivity contribution in [3.8, 4) is 0 Å². The predicted octanol–water partition coefficient (Wildman–Crippen LogP) is 4.98. The van der Waals surface area contributed by atoms with Crippen molar-refractivity contribution in [1.29, 1.82) is 0 Å². The Labute approximate surface area is 124 Å². The van der Waals surface area contributed by atoms with Gasteiger partial charge in [0.1, 0.15) is 0 Å². The van der Waals surface area contributed by atoms with Crippen molar-refractivity contribution in [2.24, 2.45) is 11.8 Å². The normalized spacial score (nSPS) is 28.1. The summed E-state index contributed by atoms with van der Waals surface area (Å²) in [6, 6.07) is 7.46. The van der Waals surface area contributed by atoms with Gasteiger partial charge in [-0.25, -0.2) is 0 Å². The molecule has 0 aliphatic heterocycles. The van der Waals surface area contributed by atoms with Crippen LogP contribution in [0.5, 0.6) is 0 Å². The molecule has 1 nitrogen and oxygen atoms in total. The van der Waals surface area contributed by atoms with E-state index in [0.29, 0.717) is 6.04 Å². The lowest BCUT2D eigenvalue weighted by Gasteiger charge is -2.30. The molecule has 2 saturated carbocycles. The van der Waals surface area contributed by atoms with Crippen LogP contribution in [-0.2, 0) is 0 Å². The van der Waals surface area contributed by atoms with Crippen molar-refractivity contribution in [3.05, 3.63) is 27.3 Å². The summed E-state index contributed by atoms with van der Waals surface area (Å²) < 4.78 is 1.37. The molecule has 2 unspecified atom stereocenters. The molecular weight excluding hydrogens is 333 g/mol. The van der Waals surface area contributed by atoms with Crippen LogP contribution < -0.4 is 5.32 Å². The Balaban J connectivity index is 1.62. The lowest BCUT2D eigenvalue weighted by atomic mass is 9.82. The smallest absolute Gasteiger partial charge is 0.0353 e. The van der Waals surface area contributed by atoms with Gasteiger partial charge < -0.3 is 5.32 Å². The standard InChI is InChI=1S/C16H22IN/c1-11-5-8-15(10-16(11)17)18-14-4-2-3-13(9-14)12-6-7-12/h5,8,10,12-14,18H,2-4,6-7,9H2,1H3. The van der Waals surface area contributed by atoms with E-state index in [4.69, 9.17) is 0 Å². The number of anilines is 1. The average Bonchev–Trinajstić information content (AvgIpc) is 3.18. The van der Waals surface area contributed by atoms with Crippen LogP contribution in [0.15, 0.2) is 18.2 Å². The zero-order valence-corrected chi connectivity index (χ0v) is 13.2. The Morgan fingerprint density at radius 3 is 2.67 bits per heavy atom. The highest BCUT2D eigenvalue weighted by atomic mass is 127. The van der Waals surface area contributed by atoms with Gasteiger partial charge >= 0.3 is 0 Å². The van der Waals surface area contributed by atoms with Gasteiger partial charge in [0.15, 0.2) is 0 Å². The third-order valence-electron chi connectivity index (χ3n) is 4.55. The van der Waals surface area contributed by atoms with Crippen molar-refractivity contribution in [3.63, 3.8) is 0 Å². The van der Waals surface area contributed by atoms with Crippen LogP contribution in [0.25, 0.3) is 0 Å². The number of nitrogens with one attached hydrogen (secondary N) is 1. The van der Waals surface area contributed by atoms with E-state index in [1.165, 1.54) is 53.3 Å². The average molecular weight is 355 g/mol. The van der Waals surface area contributed by atoms with Crippen LogP contribution in [0.4, 0.5) is 5.69 Å². The fourth-order valence-corrected chi connectivity index (χ4v) is 3.79. The van der Waals surface area contributed by atoms with Crippen molar-refractivity contribution in [2.75, 3.05) is 5.32 Å². The topological polar surface area (TPSA) is 12.0 Å². The molecular formula is C16H22IN. The molecule has 2 atom stereocenters. The molecule has 0 amide bonds. The second-order valence-corrected chi connectivity index (χ2v) is 7.23. The Bertz CT molecular complexity index is 425. The monoisotopic (exact) mass is 355 g/mol. The SMILES string of the molecule is Cc1ccc(NC2CCCC(C3CC3)C2)cc1I. The molecule has 0 spiro atoms. The summed E-state index contributed by atoms with van der Waals surface area (Å²) in [6.45, 7) is 2.18. The third kappa shape index (κ3) is 3.01. The minimum Gasteiger partial charge on any atom is -0.382 e. The highest BCUT2D eigenvalue weighted by molar-refractivity contribution is 14.1. The van der Waals surface area contributed by atoms with E-state index in [-0.39, 0.29) is 0 Å². The highest BCUT2D eigenvalue weighted by Crippen LogP contribution is 2.44. The quantitative estimate of drug-likeness (QED) is 0.754. The summed E-state index contributed by atoms with van der Waals surface area (Å²) in [6.07, 6.45) is 8.65. The van der Waals surface area contributed by atoms with Gasteiger partial charge in [0.25, 0.3) is 0 Å². The van der Waals surface area contributed by atoms with Crippen LogP contribution in [0.3, 0.4) is 0 Å². The van der Waals surface area contributed by atoms with Crippen molar-refractivity contribution >= 4 is 28.3 Å². The fraction of sp³-hybridized carbons (Fsp3) is 0.625. The zero-order valence-electron chi connectivity index (χ0n) is 11.1. The van der Waals surface area contributed by atoms with Gasteiger partial charge in [-0.15, -0.1) is 0 Å². The third-order valence-corrected chi connectivity index (χ3v) is 5.71. The minimum absolute atomic E-state index is 0.711. The molecule has 2 aliphatic carbocycles. The molecule has 0 heterocycles. The van der Waals surface area contributed by atoms with Crippen molar-refractivity contribution in [1.82, 2.24) is 0 Å². The second-order valence-electron chi connectivity index (χ2n) is 6.07. The van der Waals surface area contributed by atoms with E-state index < -0.39 is 0 Å². The first-order valence-corrected chi connectivity index (χ1v) is 8.33. The molecule has 0 bridgehead atoms. The molecule has 0 radical (unpaired) electrons. The summed E-state index contributed by atoms with van der Waals surface area (Å²) in [5, 5.41) is 3.76. The maximum absolute atomic E-state index is 3.76. The molecule has 2 aliphatic rings. The molecule has 2 fully saturated rings. The predicted molar refractivity (Wildman–Crippen MR) is 86.0 cm³/mol. The first-order chi connectivity index (χ1) is 8.72. The zero-order chi connectivity index (χ0) is 12.5. The van der Waals surface area contributed by atoms with Crippen molar-refractivity contribution < 1.29 is 0 Å². The Morgan fingerprint density at radius 1 is 1.11 bits per heavy atom. The number of benzene rings is 1. The molecule has 1 N–H and O–H groups in total. The number of aryl methyl sites for hydroxylation is 1. The van der Waals surface area contributed by atoms with Crippen LogP contribution in [0, 0.1) is 22.3 Å². The number of hydrogen-bond donors (Lipinski definition) is 1.